The normalized spacial score (nSPS) is 11.2. The zero-order valence-corrected chi connectivity index (χ0v) is 11.6. The monoisotopic (exact) mass is 290 g/mol. The summed E-state index contributed by atoms with van der Waals surface area (Å²) in [6.07, 6.45) is -2.71. The van der Waals surface area contributed by atoms with Crippen LogP contribution >= 0.6 is 11.8 Å². The summed E-state index contributed by atoms with van der Waals surface area (Å²) in [5, 5.41) is 9.11. The van der Waals surface area contributed by atoms with Crippen molar-refractivity contribution >= 4 is 11.8 Å². The first-order valence-electron chi connectivity index (χ1n) is 5.49. The fourth-order valence-electron chi connectivity index (χ4n) is 1.27. The summed E-state index contributed by atoms with van der Waals surface area (Å²) >= 11 is 0.996. The minimum atomic E-state index is -2.30. The van der Waals surface area contributed by atoms with Crippen LogP contribution in [0.2, 0.25) is 0 Å². The summed E-state index contributed by atoms with van der Waals surface area (Å²) in [7, 11) is 0. The van der Waals surface area contributed by atoms with Gasteiger partial charge in [-0.3, -0.25) is 0 Å². The van der Waals surface area contributed by atoms with Crippen molar-refractivity contribution in [3.8, 4) is 6.07 Å². The summed E-state index contributed by atoms with van der Waals surface area (Å²) in [5.41, 5.74) is 0.147. The number of nitriles is 1. The lowest BCUT2D eigenvalue weighted by Crippen LogP contribution is -2.13. The summed E-state index contributed by atoms with van der Waals surface area (Å²) in [4.78, 5) is 4.14. The van der Waals surface area contributed by atoms with Crippen LogP contribution in [0.1, 0.15) is 38.6 Å². The zero-order chi connectivity index (χ0) is 14.6. The van der Waals surface area contributed by atoms with Crippen LogP contribution < -0.4 is 0 Å². The molecule has 0 radical (unpaired) electrons. The van der Waals surface area contributed by atoms with E-state index in [1.165, 1.54) is 0 Å². The van der Waals surface area contributed by atoms with E-state index in [4.69, 9.17) is 9.68 Å². The molecule has 1 aromatic heterocycles. The van der Waals surface area contributed by atoms with Crippen LogP contribution in [0.25, 0.3) is 0 Å². The van der Waals surface area contributed by atoms with Gasteiger partial charge in [-0.15, -0.1) is 0 Å². The number of hydrogen-bond acceptors (Lipinski definition) is 4. The molecular weight excluding hydrogens is 277 g/mol. The van der Waals surface area contributed by atoms with E-state index in [0.717, 1.165) is 11.8 Å². The minimum Gasteiger partial charge on any atom is -0.420 e. The average Bonchev–Trinajstić information content (AvgIpc) is 2.71. The quantitative estimate of drug-likeness (QED) is 0.771. The second-order valence-electron chi connectivity index (χ2n) is 4.78. The maximum Gasteiger partial charge on any atom is 0.301 e. The van der Waals surface area contributed by atoms with E-state index in [9.17, 15) is 13.2 Å². The van der Waals surface area contributed by atoms with Gasteiger partial charge in [-0.25, -0.2) is 9.37 Å². The molecule has 0 saturated heterocycles. The molecule has 104 valence electrons. The average molecular weight is 290 g/mol. The molecular formula is C12H13F3N2OS. The number of rotatable bonds is 4. The van der Waals surface area contributed by atoms with Crippen molar-refractivity contribution in [3.05, 3.63) is 23.4 Å². The van der Waals surface area contributed by atoms with Crippen molar-refractivity contribution in [3.63, 3.8) is 0 Å². The van der Waals surface area contributed by atoms with Crippen molar-refractivity contribution in [2.24, 2.45) is 0 Å². The summed E-state index contributed by atoms with van der Waals surface area (Å²) in [6, 6.07) is 1.89. The van der Waals surface area contributed by atoms with Crippen LogP contribution in [0.4, 0.5) is 13.2 Å². The molecule has 0 fully saturated rings. The number of oxazole rings is 1. The van der Waals surface area contributed by atoms with Gasteiger partial charge in [0.25, 0.3) is 5.22 Å². The Kier molecular flexibility index (Phi) is 5.06. The van der Waals surface area contributed by atoms with Gasteiger partial charge in [0.1, 0.15) is 11.8 Å². The number of nitrogens with zero attached hydrogens (tertiary/aromatic N) is 2. The predicted molar refractivity (Wildman–Crippen MR) is 65.6 cm³/mol. The summed E-state index contributed by atoms with van der Waals surface area (Å²) < 4.78 is 41.5. The maximum absolute atomic E-state index is 12.6. The highest BCUT2D eigenvalue weighted by atomic mass is 32.2. The van der Waals surface area contributed by atoms with Crippen molar-refractivity contribution in [2.75, 3.05) is 5.75 Å². The van der Waals surface area contributed by atoms with Crippen molar-refractivity contribution in [1.29, 1.82) is 5.26 Å². The first-order valence-corrected chi connectivity index (χ1v) is 6.48. The molecule has 19 heavy (non-hydrogen) atoms. The van der Waals surface area contributed by atoms with Gasteiger partial charge in [-0.2, -0.15) is 14.0 Å². The largest absolute Gasteiger partial charge is 0.420 e. The summed E-state index contributed by atoms with van der Waals surface area (Å²) in [5.74, 6) is -1.27. The van der Waals surface area contributed by atoms with Crippen LogP contribution in [0, 0.1) is 11.3 Å². The molecule has 0 aliphatic heterocycles. The Labute approximate surface area is 113 Å². The second-order valence-corrected chi connectivity index (χ2v) is 5.83. The Balaban J connectivity index is 2.75. The third kappa shape index (κ3) is 4.31. The Morgan fingerprint density at radius 2 is 2.00 bits per heavy atom. The van der Waals surface area contributed by atoms with Crippen LogP contribution in [0.5, 0.6) is 0 Å². The number of allylic oxidation sites excluding steroid dienone is 1. The molecule has 0 saturated carbocycles. The Morgan fingerprint density at radius 1 is 1.37 bits per heavy atom. The third-order valence-corrected chi connectivity index (χ3v) is 3.00. The van der Waals surface area contributed by atoms with E-state index in [1.54, 1.807) is 0 Å². The van der Waals surface area contributed by atoms with Crippen LogP contribution in [-0.4, -0.2) is 10.7 Å². The van der Waals surface area contributed by atoms with E-state index in [0.29, 0.717) is 5.69 Å². The standard InChI is InChI=1S/C12H13F3N2OS/c1-12(2,3)9-8(6-16)18-11(17-9)19-5-4-7(13)10(14)15/h4-5H2,1-3H3. The maximum atomic E-state index is 12.6. The van der Waals surface area contributed by atoms with Gasteiger partial charge in [0.2, 0.25) is 5.76 Å². The fraction of sp³-hybridized carbons (Fsp3) is 0.500. The first kappa shape index (κ1) is 15.6. The van der Waals surface area contributed by atoms with Gasteiger partial charge in [0.05, 0.1) is 0 Å². The predicted octanol–water partition coefficient (Wildman–Crippen LogP) is 4.40. The number of aromatic nitrogens is 1. The topological polar surface area (TPSA) is 49.8 Å². The Bertz CT molecular complexity index is 522. The lowest BCUT2D eigenvalue weighted by molar-refractivity contribution is 0.373. The van der Waals surface area contributed by atoms with E-state index < -0.39 is 18.3 Å². The SMILES string of the molecule is CC(C)(C)c1nc(SCCC(F)=C(F)F)oc1C#N. The smallest absolute Gasteiger partial charge is 0.301 e. The fourth-order valence-corrected chi connectivity index (χ4v) is 2.02. The van der Waals surface area contributed by atoms with Gasteiger partial charge >= 0.3 is 6.08 Å². The van der Waals surface area contributed by atoms with Crippen LogP contribution in [0.15, 0.2) is 21.5 Å². The lowest BCUT2D eigenvalue weighted by atomic mass is 9.91. The van der Waals surface area contributed by atoms with Crippen molar-refractivity contribution in [1.82, 2.24) is 4.98 Å². The first-order chi connectivity index (χ1) is 8.75. The van der Waals surface area contributed by atoms with Gasteiger partial charge in [-0.05, 0) is 0 Å². The number of hydrogen-bond donors (Lipinski definition) is 0. The molecule has 1 heterocycles. The highest BCUT2D eigenvalue weighted by Crippen LogP contribution is 2.30. The van der Waals surface area contributed by atoms with Gasteiger partial charge in [-0.1, -0.05) is 32.5 Å². The van der Waals surface area contributed by atoms with Gasteiger partial charge in [0.15, 0.2) is 5.83 Å². The molecule has 0 aliphatic rings. The Hall–Kier alpha value is -1.42. The van der Waals surface area contributed by atoms with E-state index in [2.05, 4.69) is 4.98 Å². The molecule has 0 aliphatic carbocycles. The molecule has 7 heteroatoms. The molecule has 0 unspecified atom stereocenters. The molecule has 0 amide bonds. The minimum absolute atomic E-state index is 0.0676. The van der Waals surface area contributed by atoms with Gasteiger partial charge in [0, 0.05) is 17.6 Å². The van der Waals surface area contributed by atoms with Crippen LogP contribution in [0.3, 0.4) is 0 Å². The molecule has 0 N–H and O–H groups in total. The summed E-state index contributed by atoms with van der Waals surface area (Å²) in [6.45, 7) is 5.63. The molecule has 3 nitrogen and oxygen atoms in total. The van der Waals surface area contributed by atoms with Crippen LogP contribution in [-0.2, 0) is 5.41 Å². The lowest BCUT2D eigenvalue weighted by Gasteiger charge is -2.13. The zero-order valence-electron chi connectivity index (χ0n) is 10.8. The second kappa shape index (κ2) is 6.15. The van der Waals surface area contributed by atoms with Crippen molar-refractivity contribution < 1.29 is 17.6 Å². The molecule has 1 aromatic rings. The molecule has 1 rings (SSSR count). The van der Waals surface area contributed by atoms with E-state index in [-0.39, 0.29) is 22.2 Å². The third-order valence-electron chi connectivity index (χ3n) is 2.17. The highest BCUT2D eigenvalue weighted by molar-refractivity contribution is 7.99. The number of thioether (sulfide) groups is 1. The number of halogens is 3. The van der Waals surface area contributed by atoms with Crippen molar-refractivity contribution in [2.45, 2.75) is 37.8 Å². The molecule has 0 bridgehead atoms. The van der Waals surface area contributed by atoms with E-state index >= 15 is 0 Å². The molecule has 0 aromatic carbocycles. The van der Waals surface area contributed by atoms with Gasteiger partial charge < -0.3 is 4.42 Å². The molecule has 0 spiro atoms. The highest BCUT2D eigenvalue weighted by Gasteiger charge is 2.25. The van der Waals surface area contributed by atoms with E-state index in [1.807, 2.05) is 26.8 Å². The Morgan fingerprint density at radius 3 is 2.42 bits per heavy atom. The molecule has 0 atom stereocenters.